The van der Waals surface area contributed by atoms with Crippen molar-refractivity contribution in [2.45, 2.75) is 25.4 Å². The first-order chi connectivity index (χ1) is 6.29. The summed E-state index contributed by atoms with van der Waals surface area (Å²) in [6.07, 6.45) is 1.18. The van der Waals surface area contributed by atoms with E-state index in [1.807, 2.05) is 6.92 Å². The van der Waals surface area contributed by atoms with Crippen LogP contribution in [-0.4, -0.2) is 49.1 Å². The van der Waals surface area contributed by atoms with Crippen molar-refractivity contribution < 1.29 is 4.79 Å². The Kier molecular flexibility index (Phi) is 2.51. The second-order valence-electron chi connectivity index (χ2n) is 3.85. The van der Waals surface area contributed by atoms with E-state index in [4.69, 9.17) is 0 Å². The largest absolute Gasteiger partial charge is 0.353 e. The lowest BCUT2D eigenvalue weighted by Gasteiger charge is -2.36. The van der Waals surface area contributed by atoms with Gasteiger partial charge in [0.2, 0.25) is 5.91 Å². The predicted octanol–water partition coefficient (Wildman–Crippen LogP) is -0.831. The summed E-state index contributed by atoms with van der Waals surface area (Å²) < 4.78 is 0. The van der Waals surface area contributed by atoms with E-state index in [9.17, 15) is 4.79 Å². The lowest BCUT2D eigenvalue weighted by molar-refractivity contribution is -0.129. The summed E-state index contributed by atoms with van der Waals surface area (Å²) in [4.78, 5) is 13.7. The maximum absolute atomic E-state index is 11.4. The van der Waals surface area contributed by atoms with E-state index in [-0.39, 0.29) is 11.9 Å². The van der Waals surface area contributed by atoms with Crippen LogP contribution in [0, 0.1) is 0 Å². The van der Waals surface area contributed by atoms with Crippen LogP contribution >= 0.6 is 0 Å². The maximum atomic E-state index is 11.4. The van der Waals surface area contributed by atoms with E-state index >= 15 is 0 Å². The Hall–Kier alpha value is -0.610. The molecule has 2 unspecified atom stereocenters. The first kappa shape index (κ1) is 8.97. The Balaban J connectivity index is 1.99. The highest BCUT2D eigenvalue weighted by Gasteiger charge is 2.32. The van der Waals surface area contributed by atoms with Gasteiger partial charge in [-0.2, -0.15) is 0 Å². The van der Waals surface area contributed by atoms with Crippen molar-refractivity contribution in [2.75, 3.05) is 26.2 Å². The van der Waals surface area contributed by atoms with Gasteiger partial charge in [-0.25, -0.2) is 0 Å². The second kappa shape index (κ2) is 3.64. The highest BCUT2D eigenvalue weighted by Crippen LogP contribution is 2.14. The van der Waals surface area contributed by atoms with Crippen LogP contribution in [0.2, 0.25) is 0 Å². The van der Waals surface area contributed by atoms with Gasteiger partial charge in [0.25, 0.3) is 0 Å². The molecule has 2 atom stereocenters. The van der Waals surface area contributed by atoms with E-state index in [2.05, 4.69) is 15.5 Å². The van der Waals surface area contributed by atoms with E-state index in [1.165, 1.54) is 6.42 Å². The quantitative estimate of drug-likeness (QED) is 0.557. The van der Waals surface area contributed by atoms with Crippen molar-refractivity contribution in [3.63, 3.8) is 0 Å². The van der Waals surface area contributed by atoms with Crippen molar-refractivity contribution >= 4 is 5.91 Å². The number of carbonyl (C=O) groups excluding carboxylic acids is 1. The standard InChI is InChI=1S/C9H17N3O/c1-7-9(13)11-4-5-12(7)8-2-3-10-6-8/h7-8,10H,2-6H2,1H3,(H,11,13). The van der Waals surface area contributed by atoms with Gasteiger partial charge in [-0.3, -0.25) is 9.69 Å². The van der Waals surface area contributed by atoms with Gasteiger partial charge in [0.05, 0.1) is 6.04 Å². The molecule has 4 heteroatoms. The highest BCUT2D eigenvalue weighted by molar-refractivity contribution is 5.82. The van der Waals surface area contributed by atoms with Crippen LogP contribution in [0.25, 0.3) is 0 Å². The fourth-order valence-electron chi connectivity index (χ4n) is 2.22. The average molecular weight is 183 g/mol. The van der Waals surface area contributed by atoms with Gasteiger partial charge in [0, 0.05) is 25.7 Å². The molecule has 2 aliphatic heterocycles. The number of piperazine rings is 1. The molecule has 0 aliphatic carbocycles. The van der Waals surface area contributed by atoms with Crippen molar-refractivity contribution in [1.29, 1.82) is 0 Å². The molecule has 0 saturated carbocycles. The molecule has 2 N–H and O–H groups in total. The maximum Gasteiger partial charge on any atom is 0.237 e. The summed E-state index contributed by atoms with van der Waals surface area (Å²) in [7, 11) is 0. The van der Waals surface area contributed by atoms with Gasteiger partial charge >= 0.3 is 0 Å². The molecule has 13 heavy (non-hydrogen) atoms. The molecule has 0 aromatic heterocycles. The zero-order valence-corrected chi connectivity index (χ0v) is 8.05. The summed E-state index contributed by atoms with van der Waals surface area (Å²) in [5.74, 6) is 0.179. The average Bonchev–Trinajstić information content (AvgIpc) is 2.62. The van der Waals surface area contributed by atoms with Crippen molar-refractivity contribution in [3.8, 4) is 0 Å². The zero-order chi connectivity index (χ0) is 9.26. The Bertz CT molecular complexity index is 201. The smallest absolute Gasteiger partial charge is 0.237 e. The summed E-state index contributed by atoms with van der Waals surface area (Å²) in [5.41, 5.74) is 0. The summed E-state index contributed by atoms with van der Waals surface area (Å²) in [6, 6.07) is 0.625. The molecule has 2 aliphatic rings. The molecule has 1 amide bonds. The predicted molar refractivity (Wildman–Crippen MR) is 50.5 cm³/mol. The third-order valence-electron chi connectivity index (χ3n) is 3.05. The van der Waals surface area contributed by atoms with Gasteiger partial charge in [-0.15, -0.1) is 0 Å². The molecule has 2 rings (SSSR count). The molecule has 2 saturated heterocycles. The minimum Gasteiger partial charge on any atom is -0.353 e. The topological polar surface area (TPSA) is 44.4 Å². The van der Waals surface area contributed by atoms with E-state index in [0.29, 0.717) is 6.04 Å². The number of hydrogen-bond donors (Lipinski definition) is 2. The Morgan fingerprint density at radius 2 is 2.31 bits per heavy atom. The van der Waals surface area contributed by atoms with Crippen LogP contribution in [0.15, 0.2) is 0 Å². The fourth-order valence-corrected chi connectivity index (χ4v) is 2.22. The minimum absolute atomic E-state index is 0.0543. The third-order valence-corrected chi connectivity index (χ3v) is 3.05. The van der Waals surface area contributed by atoms with Gasteiger partial charge < -0.3 is 10.6 Å². The molecule has 4 nitrogen and oxygen atoms in total. The zero-order valence-electron chi connectivity index (χ0n) is 8.05. The summed E-state index contributed by atoms with van der Waals surface area (Å²) in [6.45, 7) is 5.93. The van der Waals surface area contributed by atoms with Crippen LogP contribution in [0.3, 0.4) is 0 Å². The fraction of sp³-hybridized carbons (Fsp3) is 0.889. The van der Waals surface area contributed by atoms with Crippen molar-refractivity contribution in [3.05, 3.63) is 0 Å². The first-order valence-corrected chi connectivity index (χ1v) is 5.03. The number of amides is 1. The molecule has 2 fully saturated rings. The number of rotatable bonds is 1. The molecule has 0 spiro atoms. The monoisotopic (exact) mass is 183 g/mol. The molecule has 0 bridgehead atoms. The normalized spacial score (nSPS) is 36.2. The molecule has 0 aromatic rings. The molecule has 74 valence electrons. The van der Waals surface area contributed by atoms with Crippen molar-refractivity contribution in [2.24, 2.45) is 0 Å². The molecular weight excluding hydrogens is 166 g/mol. The molecule has 2 heterocycles. The minimum atomic E-state index is 0.0543. The van der Waals surface area contributed by atoms with E-state index in [1.54, 1.807) is 0 Å². The van der Waals surface area contributed by atoms with Gasteiger partial charge in [-0.05, 0) is 19.9 Å². The van der Waals surface area contributed by atoms with Crippen molar-refractivity contribution in [1.82, 2.24) is 15.5 Å². The van der Waals surface area contributed by atoms with E-state index in [0.717, 1.165) is 26.2 Å². The van der Waals surface area contributed by atoms with Gasteiger partial charge in [0.1, 0.15) is 0 Å². The SMILES string of the molecule is CC1C(=O)NCCN1C1CCNC1. The summed E-state index contributed by atoms with van der Waals surface area (Å²) in [5, 5.41) is 6.22. The van der Waals surface area contributed by atoms with Gasteiger partial charge in [0.15, 0.2) is 0 Å². The number of hydrogen-bond acceptors (Lipinski definition) is 3. The molecular formula is C9H17N3O. The van der Waals surface area contributed by atoms with Crippen LogP contribution in [0.1, 0.15) is 13.3 Å². The van der Waals surface area contributed by atoms with Gasteiger partial charge in [-0.1, -0.05) is 0 Å². The lowest BCUT2D eigenvalue weighted by Crippen LogP contribution is -2.57. The van der Waals surface area contributed by atoms with E-state index < -0.39 is 0 Å². The van der Waals surface area contributed by atoms with Crippen LogP contribution in [-0.2, 0) is 4.79 Å². The number of carbonyl (C=O) groups is 1. The third kappa shape index (κ3) is 1.69. The Morgan fingerprint density at radius 1 is 1.46 bits per heavy atom. The highest BCUT2D eigenvalue weighted by atomic mass is 16.2. The summed E-state index contributed by atoms with van der Waals surface area (Å²) >= 11 is 0. The Labute approximate surface area is 78.7 Å². The van der Waals surface area contributed by atoms with Crippen LogP contribution < -0.4 is 10.6 Å². The first-order valence-electron chi connectivity index (χ1n) is 5.03. The molecule has 0 aromatic carbocycles. The molecule has 0 radical (unpaired) electrons. The Morgan fingerprint density at radius 3 is 3.00 bits per heavy atom. The second-order valence-corrected chi connectivity index (χ2v) is 3.85. The lowest BCUT2D eigenvalue weighted by atomic mass is 10.1. The van der Waals surface area contributed by atoms with Crippen LogP contribution in [0.5, 0.6) is 0 Å². The number of nitrogens with one attached hydrogen (secondary N) is 2. The number of nitrogens with zero attached hydrogens (tertiary/aromatic N) is 1. The van der Waals surface area contributed by atoms with Crippen LogP contribution in [0.4, 0.5) is 0 Å².